The summed E-state index contributed by atoms with van der Waals surface area (Å²) in [6, 6.07) is 0.248. The zero-order valence-corrected chi connectivity index (χ0v) is 7.97. The number of carbonyl (C=O) groups is 1. The van der Waals surface area contributed by atoms with Gasteiger partial charge in [0.25, 0.3) is 5.91 Å². The predicted octanol–water partition coefficient (Wildman–Crippen LogP) is 0.253. The lowest BCUT2D eigenvalue weighted by Crippen LogP contribution is -2.39. The van der Waals surface area contributed by atoms with Gasteiger partial charge in [-0.15, -0.1) is 0 Å². The SMILES string of the molecule is CC#CC(=O)NC1CCCC1CN. The van der Waals surface area contributed by atoms with Crippen molar-refractivity contribution in [3.8, 4) is 11.8 Å². The molecule has 3 nitrogen and oxygen atoms in total. The number of carbonyl (C=O) groups excluding carboxylic acids is 1. The maximum absolute atomic E-state index is 11.1. The molecule has 1 saturated carbocycles. The van der Waals surface area contributed by atoms with E-state index in [1.54, 1.807) is 6.92 Å². The molecular weight excluding hydrogens is 164 g/mol. The van der Waals surface area contributed by atoms with Crippen molar-refractivity contribution in [3.63, 3.8) is 0 Å². The minimum absolute atomic E-state index is 0.173. The average molecular weight is 180 g/mol. The molecule has 1 aliphatic rings. The number of rotatable bonds is 2. The van der Waals surface area contributed by atoms with Crippen LogP contribution in [-0.2, 0) is 4.79 Å². The minimum atomic E-state index is -0.173. The molecule has 1 fully saturated rings. The van der Waals surface area contributed by atoms with E-state index in [0.717, 1.165) is 19.3 Å². The normalized spacial score (nSPS) is 26.3. The van der Waals surface area contributed by atoms with E-state index in [0.29, 0.717) is 12.5 Å². The first-order valence-corrected chi connectivity index (χ1v) is 4.71. The molecule has 0 aromatic carbocycles. The molecule has 1 amide bonds. The standard InChI is InChI=1S/C10H16N2O/c1-2-4-10(13)12-9-6-3-5-8(9)7-11/h8-9H,3,5-7,11H2,1H3,(H,12,13). The summed E-state index contributed by atoms with van der Waals surface area (Å²) in [4.78, 5) is 11.1. The predicted molar refractivity (Wildman–Crippen MR) is 51.8 cm³/mol. The molecule has 1 rings (SSSR count). The molecule has 1 aliphatic carbocycles. The highest BCUT2D eigenvalue weighted by atomic mass is 16.1. The van der Waals surface area contributed by atoms with Crippen LogP contribution in [0.25, 0.3) is 0 Å². The maximum atomic E-state index is 11.1. The summed E-state index contributed by atoms with van der Waals surface area (Å²) < 4.78 is 0. The van der Waals surface area contributed by atoms with E-state index in [9.17, 15) is 4.79 Å². The molecule has 0 aromatic rings. The lowest BCUT2D eigenvalue weighted by Gasteiger charge is -2.17. The van der Waals surface area contributed by atoms with Crippen LogP contribution in [-0.4, -0.2) is 18.5 Å². The van der Waals surface area contributed by atoms with E-state index in [4.69, 9.17) is 5.73 Å². The molecular formula is C10H16N2O. The molecule has 0 bridgehead atoms. The van der Waals surface area contributed by atoms with Crippen molar-refractivity contribution in [2.45, 2.75) is 32.2 Å². The average Bonchev–Trinajstić information content (AvgIpc) is 2.52. The van der Waals surface area contributed by atoms with Gasteiger partial charge in [0.1, 0.15) is 0 Å². The molecule has 0 aliphatic heterocycles. The van der Waals surface area contributed by atoms with E-state index in [1.807, 2.05) is 0 Å². The highest BCUT2D eigenvalue weighted by Crippen LogP contribution is 2.24. The Labute approximate surface area is 79.1 Å². The van der Waals surface area contributed by atoms with E-state index in [2.05, 4.69) is 17.2 Å². The van der Waals surface area contributed by atoms with Crippen LogP contribution in [0, 0.1) is 17.8 Å². The van der Waals surface area contributed by atoms with Gasteiger partial charge in [0.05, 0.1) is 0 Å². The maximum Gasteiger partial charge on any atom is 0.296 e. The monoisotopic (exact) mass is 180 g/mol. The topological polar surface area (TPSA) is 55.1 Å². The molecule has 2 atom stereocenters. The lowest BCUT2D eigenvalue weighted by atomic mass is 10.0. The van der Waals surface area contributed by atoms with Crippen LogP contribution >= 0.6 is 0 Å². The Balaban J connectivity index is 2.42. The zero-order chi connectivity index (χ0) is 9.68. The van der Waals surface area contributed by atoms with Crippen LogP contribution in [0.4, 0.5) is 0 Å². The van der Waals surface area contributed by atoms with Gasteiger partial charge in [-0.05, 0) is 38.1 Å². The van der Waals surface area contributed by atoms with Gasteiger partial charge in [-0.25, -0.2) is 0 Å². The van der Waals surface area contributed by atoms with Gasteiger partial charge in [-0.3, -0.25) is 4.79 Å². The van der Waals surface area contributed by atoms with Crippen LogP contribution in [0.15, 0.2) is 0 Å². The third kappa shape index (κ3) is 2.74. The quantitative estimate of drug-likeness (QED) is 0.599. The van der Waals surface area contributed by atoms with E-state index in [-0.39, 0.29) is 11.9 Å². The molecule has 0 radical (unpaired) electrons. The molecule has 3 heteroatoms. The van der Waals surface area contributed by atoms with Crippen molar-refractivity contribution in [1.82, 2.24) is 5.32 Å². The first-order valence-electron chi connectivity index (χ1n) is 4.71. The second-order valence-corrected chi connectivity index (χ2v) is 3.38. The highest BCUT2D eigenvalue weighted by Gasteiger charge is 2.26. The van der Waals surface area contributed by atoms with Crippen LogP contribution in [0.3, 0.4) is 0 Å². The smallest absolute Gasteiger partial charge is 0.296 e. The first kappa shape index (κ1) is 10.1. The fourth-order valence-electron chi connectivity index (χ4n) is 1.83. The minimum Gasteiger partial charge on any atom is -0.342 e. The second-order valence-electron chi connectivity index (χ2n) is 3.38. The van der Waals surface area contributed by atoms with Crippen molar-refractivity contribution < 1.29 is 4.79 Å². The van der Waals surface area contributed by atoms with Crippen LogP contribution < -0.4 is 11.1 Å². The third-order valence-electron chi connectivity index (χ3n) is 2.52. The summed E-state index contributed by atoms with van der Waals surface area (Å²) in [5.74, 6) is 5.33. The van der Waals surface area contributed by atoms with Gasteiger partial charge < -0.3 is 11.1 Å². The van der Waals surface area contributed by atoms with Gasteiger partial charge in [0.2, 0.25) is 0 Å². The summed E-state index contributed by atoms with van der Waals surface area (Å²) in [6.07, 6.45) is 3.33. The summed E-state index contributed by atoms with van der Waals surface area (Å²) >= 11 is 0. The summed E-state index contributed by atoms with van der Waals surface area (Å²) in [5, 5.41) is 2.89. The zero-order valence-electron chi connectivity index (χ0n) is 7.97. The lowest BCUT2D eigenvalue weighted by molar-refractivity contribution is -0.116. The Hall–Kier alpha value is -1.01. The number of hydrogen-bond acceptors (Lipinski definition) is 2. The number of amides is 1. The van der Waals surface area contributed by atoms with Gasteiger partial charge in [-0.2, -0.15) is 0 Å². The summed E-state index contributed by atoms with van der Waals surface area (Å²) in [5.41, 5.74) is 5.59. The van der Waals surface area contributed by atoms with Crippen LogP contribution in [0.1, 0.15) is 26.2 Å². The number of nitrogens with two attached hydrogens (primary N) is 1. The van der Waals surface area contributed by atoms with Crippen molar-refractivity contribution >= 4 is 5.91 Å². The Bertz CT molecular complexity index is 239. The summed E-state index contributed by atoms with van der Waals surface area (Å²) in [6.45, 7) is 2.32. The molecule has 13 heavy (non-hydrogen) atoms. The molecule has 0 heterocycles. The van der Waals surface area contributed by atoms with Gasteiger partial charge in [0, 0.05) is 6.04 Å². The summed E-state index contributed by atoms with van der Waals surface area (Å²) in [7, 11) is 0. The Morgan fingerprint density at radius 3 is 3.00 bits per heavy atom. The van der Waals surface area contributed by atoms with Crippen molar-refractivity contribution in [2.24, 2.45) is 11.7 Å². The van der Waals surface area contributed by atoms with Gasteiger partial charge >= 0.3 is 0 Å². The first-order chi connectivity index (χ1) is 6.27. The van der Waals surface area contributed by atoms with Crippen molar-refractivity contribution in [3.05, 3.63) is 0 Å². The molecule has 2 unspecified atom stereocenters. The number of nitrogens with one attached hydrogen (secondary N) is 1. The second kappa shape index (κ2) is 4.88. The largest absolute Gasteiger partial charge is 0.342 e. The Morgan fingerprint density at radius 1 is 1.62 bits per heavy atom. The third-order valence-corrected chi connectivity index (χ3v) is 2.52. The molecule has 72 valence electrons. The molecule has 0 aromatic heterocycles. The van der Waals surface area contributed by atoms with Crippen molar-refractivity contribution in [1.29, 1.82) is 0 Å². The fraction of sp³-hybridized carbons (Fsp3) is 0.700. The molecule has 0 saturated heterocycles. The molecule has 0 spiro atoms. The van der Waals surface area contributed by atoms with Crippen LogP contribution in [0.5, 0.6) is 0 Å². The van der Waals surface area contributed by atoms with Crippen LogP contribution in [0.2, 0.25) is 0 Å². The van der Waals surface area contributed by atoms with Crippen molar-refractivity contribution in [2.75, 3.05) is 6.54 Å². The van der Waals surface area contributed by atoms with E-state index >= 15 is 0 Å². The number of hydrogen-bond donors (Lipinski definition) is 2. The Kier molecular flexibility index (Phi) is 3.78. The fourth-order valence-corrected chi connectivity index (χ4v) is 1.83. The molecule has 3 N–H and O–H groups in total. The Morgan fingerprint density at radius 2 is 2.38 bits per heavy atom. The van der Waals surface area contributed by atoms with E-state index in [1.165, 1.54) is 0 Å². The van der Waals surface area contributed by atoms with E-state index < -0.39 is 0 Å². The van der Waals surface area contributed by atoms with Gasteiger partial charge in [0.15, 0.2) is 0 Å². The highest BCUT2D eigenvalue weighted by molar-refractivity contribution is 5.93. The van der Waals surface area contributed by atoms with Gasteiger partial charge in [-0.1, -0.05) is 12.3 Å².